The molecule has 0 spiro atoms. The van der Waals surface area contributed by atoms with Gasteiger partial charge in [-0.3, -0.25) is 4.79 Å². The first kappa shape index (κ1) is 24.2. The van der Waals surface area contributed by atoms with E-state index in [1.807, 2.05) is 26.0 Å². The van der Waals surface area contributed by atoms with Gasteiger partial charge in [0, 0.05) is 23.3 Å². The Morgan fingerprint density at radius 2 is 1.60 bits per heavy atom. The first-order valence-electron chi connectivity index (χ1n) is 9.47. The number of methoxy groups -OCH3 is 2. The SMILES string of the molecule is CCc1cc(Br)cc(CC)c1NC(=O)CN(C)S(=O)(=O)c1ccc(OC)c(OC)c1. The van der Waals surface area contributed by atoms with E-state index >= 15 is 0 Å². The van der Waals surface area contributed by atoms with Gasteiger partial charge >= 0.3 is 0 Å². The molecule has 0 bridgehead atoms. The highest BCUT2D eigenvalue weighted by atomic mass is 79.9. The van der Waals surface area contributed by atoms with Crippen molar-refractivity contribution in [1.29, 1.82) is 0 Å². The van der Waals surface area contributed by atoms with Crippen LogP contribution in [0.5, 0.6) is 11.5 Å². The van der Waals surface area contributed by atoms with Gasteiger partial charge in [-0.2, -0.15) is 4.31 Å². The van der Waals surface area contributed by atoms with Crippen molar-refractivity contribution < 1.29 is 22.7 Å². The average Bonchev–Trinajstić information content (AvgIpc) is 2.73. The maximum atomic E-state index is 12.9. The number of sulfonamides is 1. The van der Waals surface area contributed by atoms with Gasteiger partial charge in [-0.15, -0.1) is 0 Å². The molecule has 0 aromatic heterocycles. The zero-order valence-electron chi connectivity index (χ0n) is 17.8. The average molecular weight is 499 g/mol. The van der Waals surface area contributed by atoms with Gasteiger partial charge in [0.2, 0.25) is 15.9 Å². The Bertz CT molecular complexity index is 999. The van der Waals surface area contributed by atoms with E-state index in [0.717, 1.165) is 38.4 Å². The molecular weight excluding hydrogens is 472 g/mol. The predicted molar refractivity (Wildman–Crippen MR) is 121 cm³/mol. The van der Waals surface area contributed by atoms with Crippen LogP contribution in [-0.2, 0) is 27.7 Å². The van der Waals surface area contributed by atoms with Crippen molar-refractivity contribution in [2.24, 2.45) is 0 Å². The van der Waals surface area contributed by atoms with Crippen LogP contribution >= 0.6 is 15.9 Å². The van der Waals surface area contributed by atoms with Crippen molar-refractivity contribution in [1.82, 2.24) is 4.31 Å². The maximum Gasteiger partial charge on any atom is 0.243 e. The molecule has 0 saturated carbocycles. The molecule has 0 radical (unpaired) electrons. The van der Waals surface area contributed by atoms with E-state index in [1.165, 1.54) is 39.5 Å². The Kier molecular flexibility index (Phi) is 8.28. The highest BCUT2D eigenvalue weighted by Crippen LogP contribution is 2.31. The Balaban J connectivity index is 2.24. The fourth-order valence-corrected chi connectivity index (χ4v) is 4.76. The topological polar surface area (TPSA) is 84.9 Å². The largest absolute Gasteiger partial charge is 0.493 e. The lowest BCUT2D eigenvalue weighted by Crippen LogP contribution is -2.35. The lowest BCUT2D eigenvalue weighted by atomic mass is 10.0. The molecule has 0 atom stereocenters. The van der Waals surface area contributed by atoms with Crippen molar-refractivity contribution in [2.75, 3.05) is 33.1 Å². The Labute approximate surface area is 186 Å². The maximum absolute atomic E-state index is 12.9. The summed E-state index contributed by atoms with van der Waals surface area (Å²) in [6.07, 6.45) is 1.48. The molecule has 0 unspecified atom stereocenters. The standard InChI is InChI=1S/C21H27BrN2O5S/c1-6-14-10-16(22)11-15(7-2)21(14)23-20(25)13-24(3)30(26,27)17-8-9-18(28-4)19(12-17)29-5/h8-12H,6-7,13H2,1-5H3,(H,23,25). The predicted octanol–water partition coefficient (Wildman–Crippen LogP) is 3.85. The van der Waals surface area contributed by atoms with Crippen molar-refractivity contribution in [3.8, 4) is 11.5 Å². The fraction of sp³-hybridized carbons (Fsp3) is 0.381. The van der Waals surface area contributed by atoms with Crippen LogP contribution in [0.15, 0.2) is 39.7 Å². The van der Waals surface area contributed by atoms with Gasteiger partial charge in [-0.1, -0.05) is 29.8 Å². The zero-order valence-corrected chi connectivity index (χ0v) is 20.2. The number of ether oxygens (including phenoxy) is 2. The molecule has 2 rings (SSSR count). The first-order chi connectivity index (χ1) is 14.2. The van der Waals surface area contributed by atoms with Gasteiger partial charge in [-0.05, 0) is 48.2 Å². The zero-order chi connectivity index (χ0) is 22.5. The summed E-state index contributed by atoms with van der Waals surface area (Å²) < 4.78 is 38.1. The number of carbonyl (C=O) groups is 1. The van der Waals surface area contributed by atoms with Gasteiger partial charge in [0.15, 0.2) is 11.5 Å². The second kappa shape index (κ2) is 10.3. The highest BCUT2D eigenvalue weighted by Gasteiger charge is 2.25. The van der Waals surface area contributed by atoms with Crippen LogP contribution in [-0.4, -0.2) is 46.4 Å². The Hall–Kier alpha value is -2.10. The van der Waals surface area contributed by atoms with Crippen LogP contribution in [0, 0.1) is 0 Å². The molecule has 0 aliphatic heterocycles. The second-order valence-electron chi connectivity index (χ2n) is 6.63. The van der Waals surface area contributed by atoms with Gasteiger partial charge in [0.1, 0.15) is 0 Å². The lowest BCUT2D eigenvalue weighted by Gasteiger charge is -2.20. The fourth-order valence-electron chi connectivity index (χ4n) is 3.07. The minimum Gasteiger partial charge on any atom is -0.493 e. The number of nitrogens with zero attached hydrogens (tertiary/aromatic N) is 1. The van der Waals surface area contributed by atoms with Crippen LogP contribution in [0.2, 0.25) is 0 Å². The van der Waals surface area contributed by atoms with Gasteiger partial charge in [-0.25, -0.2) is 8.42 Å². The molecule has 2 aromatic carbocycles. The summed E-state index contributed by atoms with van der Waals surface area (Å²) in [4.78, 5) is 12.7. The van der Waals surface area contributed by atoms with E-state index < -0.39 is 15.9 Å². The minimum absolute atomic E-state index is 0.0163. The summed E-state index contributed by atoms with van der Waals surface area (Å²) in [5.74, 6) is 0.311. The summed E-state index contributed by atoms with van der Waals surface area (Å²) in [7, 11) is 0.380. The third kappa shape index (κ3) is 5.33. The van der Waals surface area contributed by atoms with Gasteiger partial charge in [0.25, 0.3) is 0 Å². The molecule has 164 valence electrons. The van der Waals surface area contributed by atoms with Crippen LogP contribution in [0.25, 0.3) is 0 Å². The molecule has 0 fully saturated rings. The summed E-state index contributed by atoms with van der Waals surface area (Å²) in [5, 5.41) is 2.89. The number of benzene rings is 2. The van der Waals surface area contributed by atoms with Crippen LogP contribution in [0.1, 0.15) is 25.0 Å². The highest BCUT2D eigenvalue weighted by molar-refractivity contribution is 9.10. The third-order valence-electron chi connectivity index (χ3n) is 4.72. The molecule has 9 heteroatoms. The molecule has 1 N–H and O–H groups in total. The van der Waals surface area contributed by atoms with Crippen molar-refractivity contribution in [3.63, 3.8) is 0 Å². The molecule has 2 aromatic rings. The number of hydrogen-bond acceptors (Lipinski definition) is 5. The monoisotopic (exact) mass is 498 g/mol. The molecule has 0 aliphatic carbocycles. The van der Waals surface area contributed by atoms with E-state index in [9.17, 15) is 13.2 Å². The van der Waals surface area contributed by atoms with E-state index in [1.54, 1.807) is 0 Å². The first-order valence-corrected chi connectivity index (χ1v) is 11.7. The quantitative estimate of drug-likeness (QED) is 0.567. The molecule has 1 amide bonds. The van der Waals surface area contributed by atoms with Crippen molar-refractivity contribution in [3.05, 3.63) is 45.9 Å². The number of aryl methyl sites for hydroxylation is 2. The molecule has 0 heterocycles. The summed E-state index contributed by atoms with van der Waals surface area (Å²) in [6, 6.07) is 8.23. The number of hydrogen-bond donors (Lipinski definition) is 1. The van der Waals surface area contributed by atoms with Crippen molar-refractivity contribution >= 4 is 37.5 Å². The third-order valence-corrected chi connectivity index (χ3v) is 6.98. The molecular formula is C21H27BrN2O5S. The van der Waals surface area contributed by atoms with Crippen LogP contribution < -0.4 is 14.8 Å². The van der Waals surface area contributed by atoms with Gasteiger partial charge in [0.05, 0.1) is 25.7 Å². The molecule has 7 nitrogen and oxygen atoms in total. The lowest BCUT2D eigenvalue weighted by molar-refractivity contribution is -0.116. The summed E-state index contributed by atoms with van der Waals surface area (Å²) in [6.45, 7) is 3.69. The normalized spacial score (nSPS) is 11.4. The van der Waals surface area contributed by atoms with Gasteiger partial charge < -0.3 is 14.8 Å². The van der Waals surface area contributed by atoms with E-state index in [-0.39, 0.29) is 11.4 Å². The number of likely N-dealkylation sites (N-methyl/N-ethyl adjacent to an activating group) is 1. The van der Waals surface area contributed by atoms with E-state index in [2.05, 4.69) is 21.2 Å². The van der Waals surface area contributed by atoms with Crippen LogP contribution in [0.3, 0.4) is 0 Å². The number of halogens is 1. The number of carbonyl (C=O) groups excluding carboxylic acids is 1. The van der Waals surface area contributed by atoms with E-state index in [4.69, 9.17) is 9.47 Å². The minimum atomic E-state index is -3.89. The molecule has 0 aliphatic rings. The summed E-state index contributed by atoms with van der Waals surface area (Å²) >= 11 is 3.49. The molecule has 0 saturated heterocycles. The van der Waals surface area contributed by atoms with E-state index in [0.29, 0.717) is 11.5 Å². The molecule has 30 heavy (non-hydrogen) atoms. The number of rotatable bonds is 9. The smallest absolute Gasteiger partial charge is 0.243 e. The Morgan fingerprint density at radius 1 is 1.03 bits per heavy atom. The number of amides is 1. The number of anilines is 1. The second-order valence-corrected chi connectivity index (χ2v) is 9.59. The van der Waals surface area contributed by atoms with Crippen molar-refractivity contribution in [2.45, 2.75) is 31.6 Å². The van der Waals surface area contributed by atoms with Crippen LogP contribution in [0.4, 0.5) is 5.69 Å². The Morgan fingerprint density at radius 3 is 2.10 bits per heavy atom. The number of nitrogens with one attached hydrogen (secondary N) is 1. The summed E-state index contributed by atoms with van der Waals surface area (Å²) in [5.41, 5.74) is 2.71.